The minimum atomic E-state index is 0.274. The molecule has 0 aromatic heterocycles. The van der Waals surface area contributed by atoms with Crippen LogP contribution in [0.4, 0.5) is 0 Å². The van der Waals surface area contributed by atoms with Gasteiger partial charge in [-0.1, -0.05) is 48.6 Å². The number of allylic oxidation sites excluding steroid dienone is 3. The maximum absolute atomic E-state index is 10.4. The Balaban J connectivity index is 2.46. The van der Waals surface area contributed by atoms with E-state index in [1.165, 1.54) is 0 Å². The predicted octanol–water partition coefficient (Wildman–Crippen LogP) is 5.16. The monoisotopic (exact) mass is 320 g/mol. The van der Waals surface area contributed by atoms with Crippen LogP contribution < -0.4 is 4.74 Å². The molecule has 2 heteroatoms. The molecule has 0 atom stereocenters. The molecule has 0 fully saturated rings. The number of phenolic OH excluding ortho intramolecular Hbond substituents is 1. The highest BCUT2D eigenvalue weighted by Gasteiger charge is 2.17. The highest BCUT2D eigenvalue weighted by Crippen LogP contribution is 2.36. The van der Waals surface area contributed by atoms with Crippen molar-refractivity contribution in [1.82, 2.24) is 0 Å². The van der Waals surface area contributed by atoms with E-state index in [9.17, 15) is 5.11 Å². The van der Waals surface area contributed by atoms with Crippen LogP contribution in [0.1, 0.15) is 22.3 Å². The molecule has 2 nitrogen and oxygen atoms in total. The number of ether oxygens (including phenoxy) is 1. The van der Waals surface area contributed by atoms with Gasteiger partial charge in [-0.2, -0.15) is 0 Å². The summed E-state index contributed by atoms with van der Waals surface area (Å²) in [5.74, 6) is 1.09. The predicted molar refractivity (Wildman–Crippen MR) is 101 cm³/mol. The van der Waals surface area contributed by atoms with Crippen LogP contribution >= 0.6 is 0 Å². The molecule has 0 radical (unpaired) electrons. The van der Waals surface area contributed by atoms with Crippen molar-refractivity contribution in [3.63, 3.8) is 0 Å². The molecule has 1 N–H and O–H groups in total. The maximum Gasteiger partial charge on any atom is 0.127 e. The van der Waals surface area contributed by atoms with Crippen LogP contribution in [0.5, 0.6) is 11.5 Å². The van der Waals surface area contributed by atoms with E-state index in [4.69, 9.17) is 4.74 Å². The molecule has 0 amide bonds. The fraction of sp³-hybridized carbons (Fsp3) is 0.182. The second kappa shape index (κ2) is 8.78. The van der Waals surface area contributed by atoms with Crippen molar-refractivity contribution in [2.24, 2.45) is 0 Å². The van der Waals surface area contributed by atoms with Gasteiger partial charge in [0, 0.05) is 16.7 Å². The molecule has 0 heterocycles. The number of hydrogen-bond donors (Lipinski definition) is 1. The minimum Gasteiger partial charge on any atom is -0.508 e. The Bertz CT molecular complexity index is 714. The quantitative estimate of drug-likeness (QED) is 0.647. The number of aromatic hydroxyl groups is 1. The van der Waals surface area contributed by atoms with Gasteiger partial charge in [0.25, 0.3) is 0 Å². The molecular formula is C22H24O2. The number of benzene rings is 2. The van der Waals surface area contributed by atoms with Crippen LogP contribution in [-0.4, -0.2) is 5.11 Å². The lowest BCUT2D eigenvalue weighted by molar-refractivity contribution is 0.299. The maximum atomic E-state index is 10.4. The van der Waals surface area contributed by atoms with E-state index in [1.807, 2.05) is 42.5 Å². The first kappa shape index (κ1) is 17.6. The SMILES string of the molecule is C=CCc1cc(O)c(CC=C)c(CC=C)c1OCc1ccccc1. The van der Waals surface area contributed by atoms with Gasteiger partial charge in [0.15, 0.2) is 0 Å². The van der Waals surface area contributed by atoms with E-state index in [-0.39, 0.29) is 5.75 Å². The van der Waals surface area contributed by atoms with Gasteiger partial charge in [-0.05, 0) is 30.9 Å². The number of hydrogen-bond acceptors (Lipinski definition) is 2. The zero-order valence-electron chi connectivity index (χ0n) is 14.0. The van der Waals surface area contributed by atoms with Crippen LogP contribution in [0.15, 0.2) is 74.4 Å². The third-order valence-electron chi connectivity index (χ3n) is 3.84. The van der Waals surface area contributed by atoms with Crippen molar-refractivity contribution < 1.29 is 9.84 Å². The largest absolute Gasteiger partial charge is 0.508 e. The summed E-state index contributed by atoms with van der Waals surface area (Å²) >= 11 is 0. The summed E-state index contributed by atoms with van der Waals surface area (Å²) in [6, 6.07) is 11.8. The zero-order chi connectivity index (χ0) is 17.4. The Morgan fingerprint density at radius 1 is 0.875 bits per heavy atom. The summed E-state index contributed by atoms with van der Waals surface area (Å²) in [4.78, 5) is 0. The summed E-state index contributed by atoms with van der Waals surface area (Å²) in [6.07, 6.45) is 7.28. The second-order valence-corrected chi connectivity index (χ2v) is 5.59. The van der Waals surface area contributed by atoms with Gasteiger partial charge in [0.2, 0.25) is 0 Å². The average molecular weight is 320 g/mol. The van der Waals surface area contributed by atoms with Crippen molar-refractivity contribution >= 4 is 0 Å². The molecule has 124 valence electrons. The van der Waals surface area contributed by atoms with Gasteiger partial charge in [-0.3, -0.25) is 0 Å². The van der Waals surface area contributed by atoms with Gasteiger partial charge < -0.3 is 9.84 Å². The van der Waals surface area contributed by atoms with Crippen molar-refractivity contribution in [1.29, 1.82) is 0 Å². The lowest BCUT2D eigenvalue weighted by Gasteiger charge is -2.19. The van der Waals surface area contributed by atoms with Gasteiger partial charge in [0.1, 0.15) is 18.1 Å². The van der Waals surface area contributed by atoms with Gasteiger partial charge >= 0.3 is 0 Å². The third kappa shape index (κ3) is 4.17. The molecule has 2 rings (SSSR count). The van der Waals surface area contributed by atoms with Crippen LogP contribution in [0.2, 0.25) is 0 Å². The molecule has 2 aromatic rings. The Hall–Kier alpha value is -2.74. The Kier molecular flexibility index (Phi) is 6.44. The number of phenols is 1. The summed E-state index contributed by atoms with van der Waals surface area (Å²) in [6.45, 7) is 11.9. The molecule has 24 heavy (non-hydrogen) atoms. The molecular weight excluding hydrogens is 296 g/mol. The van der Waals surface area contributed by atoms with Gasteiger partial charge in [-0.25, -0.2) is 0 Å². The fourth-order valence-electron chi connectivity index (χ4n) is 2.75. The first-order valence-corrected chi connectivity index (χ1v) is 8.07. The third-order valence-corrected chi connectivity index (χ3v) is 3.84. The van der Waals surface area contributed by atoms with Crippen LogP contribution in [0.3, 0.4) is 0 Å². The lowest BCUT2D eigenvalue weighted by Crippen LogP contribution is -2.05. The van der Waals surface area contributed by atoms with E-state index < -0.39 is 0 Å². The first-order chi connectivity index (χ1) is 11.7. The molecule has 0 unspecified atom stereocenters. The zero-order valence-corrected chi connectivity index (χ0v) is 14.0. The van der Waals surface area contributed by atoms with Crippen LogP contribution in [0, 0.1) is 0 Å². The van der Waals surface area contributed by atoms with E-state index >= 15 is 0 Å². The Morgan fingerprint density at radius 3 is 2.12 bits per heavy atom. The minimum absolute atomic E-state index is 0.274. The summed E-state index contributed by atoms with van der Waals surface area (Å²) in [5.41, 5.74) is 3.85. The highest BCUT2D eigenvalue weighted by molar-refractivity contribution is 5.55. The standard InChI is InChI=1S/C22H24O2/c1-4-10-18-15-21(23)19(11-5-2)20(12-6-3)22(18)24-16-17-13-8-7-9-14-17/h4-9,13-15,23H,1-3,10-12,16H2. The van der Waals surface area contributed by atoms with Gasteiger partial charge in [0.05, 0.1) is 0 Å². The molecule has 0 aliphatic rings. The van der Waals surface area contributed by atoms with Crippen LogP contribution in [-0.2, 0) is 25.9 Å². The van der Waals surface area contributed by atoms with Crippen molar-refractivity contribution in [3.05, 3.63) is 96.6 Å². The normalized spacial score (nSPS) is 10.2. The average Bonchev–Trinajstić information content (AvgIpc) is 2.59. The van der Waals surface area contributed by atoms with Gasteiger partial charge in [-0.15, -0.1) is 19.7 Å². The van der Waals surface area contributed by atoms with Crippen molar-refractivity contribution in [2.45, 2.75) is 25.9 Å². The molecule has 0 saturated heterocycles. The number of rotatable bonds is 9. The van der Waals surface area contributed by atoms with E-state index in [0.717, 1.165) is 28.0 Å². The smallest absolute Gasteiger partial charge is 0.127 e. The molecule has 0 saturated carbocycles. The molecule has 0 bridgehead atoms. The molecule has 0 aliphatic heterocycles. The lowest BCUT2D eigenvalue weighted by atomic mass is 9.94. The Morgan fingerprint density at radius 2 is 1.50 bits per heavy atom. The van der Waals surface area contributed by atoms with Crippen molar-refractivity contribution in [3.8, 4) is 11.5 Å². The Labute approximate surface area is 144 Å². The summed E-state index contributed by atoms with van der Waals surface area (Å²) < 4.78 is 6.16. The second-order valence-electron chi connectivity index (χ2n) is 5.59. The summed E-state index contributed by atoms with van der Waals surface area (Å²) in [7, 11) is 0. The summed E-state index contributed by atoms with van der Waals surface area (Å²) in [5, 5.41) is 10.4. The van der Waals surface area contributed by atoms with Crippen molar-refractivity contribution in [2.75, 3.05) is 0 Å². The highest BCUT2D eigenvalue weighted by atomic mass is 16.5. The molecule has 2 aromatic carbocycles. The fourth-order valence-corrected chi connectivity index (χ4v) is 2.75. The molecule has 0 aliphatic carbocycles. The van der Waals surface area contributed by atoms with Crippen LogP contribution in [0.25, 0.3) is 0 Å². The van der Waals surface area contributed by atoms with E-state index in [2.05, 4.69) is 19.7 Å². The molecule has 0 spiro atoms. The van der Waals surface area contributed by atoms with E-state index in [0.29, 0.717) is 25.9 Å². The van der Waals surface area contributed by atoms with E-state index in [1.54, 1.807) is 12.1 Å². The topological polar surface area (TPSA) is 29.5 Å². The first-order valence-electron chi connectivity index (χ1n) is 8.07.